The zero-order chi connectivity index (χ0) is 16.6. The highest BCUT2D eigenvalue weighted by Gasteiger charge is 2.61. The third-order valence-electron chi connectivity index (χ3n) is 5.18. The Morgan fingerprint density at radius 2 is 2.22 bits per heavy atom. The average Bonchev–Trinajstić information content (AvgIpc) is 3.06. The van der Waals surface area contributed by atoms with Crippen molar-refractivity contribution < 1.29 is 9.59 Å². The summed E-state index contributed by atoms with van der Waals surface area (Å²) in [6.07, 6.45) is 3.62. The summed E-state index contributed by atoms with van der Waals surface area (Å²) in [5.41, 5.74) is 0.945. The van der Waals surface area contributed by atoms with Gasteiger partial charge in [-0.25, -0.2) is 0 Å². The van der Waals surface area contributed by atoms with E-state index in [1.54, 1.807) is 11.1 Å². The molecule has 0 bridgehead atoms. The van der Waals surface area contributed by atoms with Crippen molar-refractivity contribution in [3.63, 3.8) is 0 Å². The molecule has 1 aromatic rings. The molecule has 2 fully saturated rings. The first-order valence-electron chi connectivity index (χ1n) is 8.37. The number of rotatable bonds is 4. The molecule has 2 aliphatic rings. The molecule has 124 valence electrons. The molecular formula is C18H25N3O2. The summed E-state index contributed by atoms with van der Waals surface area (Å²) < 4.78 is 0. The number of carbonyl (C=O) groups excluding carboxylic acids is 2. The molecule has 0 N–H and O–H groups in total. The number of hydrogen-bond donors (Lipinski definition) is 0. The summed E-state index contributed by atoms with van der Waals surface area (Å²) in [5.74, 6) is 0.502. The predicted molar refractivity (Wildman–Crippen MR) is 87.3 cm³/mol. The second kappa shape index (κ2) is 5.95. The van der Waals surface area contributed by atoms with Crippen LogP contribution >= 0.6 is 0 Å². The number of hydrogen-bond acceptors (Lipinski definition) is 3. The van der Waals surface area contributed by atoms with Gasteiger partial charge in [-0.05, 0) is 25.0 Å². The van der Waals surface area contributed by atoms with Crippen molar-refractivity contribution in [2.45, 2.75) is 33.2 Å². The lowest BCUT2D eigenvalue weighted by Crippen LogP contribution is -2.34. The van der Waals surface area contributed by atoms with E-state index in [1.807, 2.05) is 44.0 Å². The first-order valence-corrected chi connectivity index (χ1v) is 8.37. The monoisotopic (exact) mass is 315 g/mol. The van der Waals surface area contributed by atoms with E-state index in [0.29, 0.717) is 6.54 Å². The molecule has 2 atom stereocenters. The van der Waals surface area contributed by atoms with Gasteiger partial charge in [-0.15, -0.1) is 0 Å². The van der Waals surface area contributed by atoms with Gasteiger partial charge in [0.05, 0.1) is 12.2 Å². The third-order valence-corrected chi connectivity index (χ3v) is 5.18. The number of pyridine rings is 1. The Labute approximate surface area is 137 Å². The molecule has 1 aliphatic carbocycles. The minimum atomic E-state index is 0.0323. The number of carbonyl (C=O) groups is 2. The van der Waals surface area contributed by atoms with Crippen LogP contribution in [0.3, 0.4) is 0 Å². The van der Waals surface area contributed by atoms with Gasteiger partial charge < -0.3 is 9.80 Å². The van der Waals surface area contributed by atoms with Crippen LogP contribution in [0.1, 0.15) is 32.4 Å². The Balaban J connectivity index is 1.58. The first kappa shape index (κ1) is 16.0. The summed E-state index contributed by atoms with van der Waals surface area (Å²) in [4.78, 5) is 32.8. The Kier molecular flexibility index (Phi) is 4.13. The maximum atomic E-state index is 12.7. The van der Waals surface area contributed by atoms with Crippen LogP contribution in [-0.2, 0) is 16.1 Å². The van der Waals surface area contributed by atoms with Crippen LogP contribution in [0.4, 0.5) is 0 Å². The molecule has 5 heteroatoms. The molecule has 0 unspecified atom stereocenters. The fraction of sp³-hybridized carbons (Fsp3) is 0.611. The van der Waals surface area contributed by atoms with E-state index in [4.69, 9.17) is 0 Å². The largest absolute Gasteiger partial charge is 0.342 e. The Morgan fingerprint density at radius 3 is 2.87 bits per heavy atom. The molecule has 1 aliphatic heterocycles. The first-order chi connectivity index (χ1) is 10.9. The molecule has 0 aromatic carbocycles. The van der Waals surface area contributed by atoms with E-state index >= 15 is 0 Å². The number of nitrogens with zero attached hydrogens (tertiary/aromatic N) is 3. The maximum Gasteiger partial charge on any atom is 0.226 e. The number of aromatic nitrogens is 1. The summed E-state index contributed by atoms with van der Waals surface area (Å²) in [5, 5.41) is 0. The van der Waals surface area contributed by atoms with Crippen LogP contribution < -0.4 is 0 Å². The van der Waals surface area contributed by atoms with Crippen molar-refractivity contribution in [3.8, 4) is 0 Å². The van der Waals surface area contributed by atoms with Crippen LogP contribution in [0.2, 0.25) is 0 Å². The van der Waals surface area contributed by atoms with Crippen molar-refractivity contribution in [1.29, 1.82) is 0 Å². The van der Waals surface area contributed by atoms with Gasteiger partial charge in [0.15, 0.2) is 0 Å². The quantitative estimate of drug-likeness (QED) is 0.853. The van der Waals surface area contributed by atoms with E-state index in [2.05, 4.69) is 4.98 Å². The third kappa shape index (κ3) is 3.09. The molecule has 2 heterocycles. The van der Waals surface area contributed by atoms with Gasteiger partial charge >= 0.3 is 0 Å². The van der Waals surface area contributed by atoms with Gasteiger partial charge in [0.25, 0.3) is 0 Å². The van der Waals surface area contributed by atoms with Gasteiger partial charge in [-0.3, -0.25) is 14.6 Å². The van der Waals surface area contributed by atoms with Crippen molar-refractivity contribution in [1.82, 2.24) is 14.8 Å². The number of amides is 2. The second-order valence-electron chi connectivity index (χ2n) is 7.30. The molecule has 3 rings (SSSR count). The molecule has 1 spiro atoms. The lowest BCUT2D eigenvalue weighted by Gasteiger charge is -2.20. The minimum absolute atomic E-state index is 0.0323. The van der Waals surface area contributed by atoms with E-state index in [-0.39, 0.29) is 29.1 Å². The normalized spacial score (nSPS) is 25.9. The molecule has 23 heavy (non-hydrogen) atoms. The lowest BCUT2D eigenvalue weighted by molar-refractivity contribution is -0.135. The summed E-state index contributed by atoms with van der Waals surface area (Å²) in [7, 11) is 1.84. The van der Waals surface area contributed by atoms with Crippen molar-refractivity contribution in [2.24, 2.45) is 17.3 Å². The van der Waals surface area contributed by atoms with Crippen LogP contribution in [0, 0.1) is 17.3 Å². The van der Waals surface area contributed by atoms with Gasteiger partial charge in [-0.2, -0.15) is 0 Å². The van der Waals surface area contributed by atoms with Gasteiger partial charge in [0.2, 0.25) is 11.8 Å². The maximum absolute atomic E-state index is 12.7. The van der Waals surface area contributed by atoms with Gasteiger partial charge in [0.1, 0.15) is 0 Å². The molecule has 0 radical (unpaired) electrons. The Hall–Kier alpha value is -1.91. The summed E-state index contributed by atoms with van der Waals surface area (Å²) in [6, 6.07) is 5.75. The summed E-state index contributed by atoms with van der Waals surface area (Å²) in [6.45, 7) is 5.95. The lowest BCUT2D eigenvalue weighted by atomic mass is 10.0. The van der Waals surface area contributed by atoms with Crippen LogP contribution in [0.5, 0.6) is 0 Å². The van der Waals surface area contributed by atoms with E-state index in [1.165, 1.54) is 0 Å². The van der Waals surface area contributed by atoms with Gasteiger partial charge in [-0.1, -0.05) is 19.9 Å². The smallest absolute Gasteiger partial charge is 0.226 e. The highest BCUT2D eigenvalue weighted by atomic mass is 16.2. The van der Waals surface area contributed by atoms with Crippen molar-refractivity contribution in [2.75, 3.05) is 20.1 Å². The molecule has 2 amide bonds. The predicted octanol–water partition coefficient (Wildman–Crippen LogP) is 1.93. The highest BCUT2D eigenvalue weighted by Crippen LogP contribution is 2.59. The van der Waals surface area contributed by atoms with Crippen molar-refractivity contribution >= 4 is 11.8 Å². The van der Waals surface area contributed by atoms with E-state index in [9.17, 15) is 9.59 Å². The van der Waals surface area contributed by atoms with Gasteiger partial charge in [0, 0.05) is 43.6 Å². The molecule has 1 saturated heterocycles. The minimum Gasteiger partial charge on any atom is -0.342 e. The SMILES string of the molecule is CC(C)C(=O)N1CC[C@]2(C[C@H]2C(=O)N(C)Cc2ccccn2)C1. The van der Waals surface area contributed by atoms with Crippen LogP contribution in [0.15, 0.2) is 24.4 Å². The highest BCUT2D eigenvalue weighted by molar-refractivity contribution is 5.83. The van der Waals surface area contributed by atoms with E-state index in [0.717, 1.165) is 31.6 Å². The van der Waals surface area contributed by atoms with E-state index < -0.39 is 0 Å². The van der Waals surface area contributed by atoms with Crippen LogP contribution in [-0.4, -0.2) is 46.7 Å². The Morgan fingerprint density at radius 1 is 1.43 bits per heavy atom. The standard InChI is InChI=1S/C18H25N3O2/c1-13(2)16(22)21-9-7-18(12-21)10-15(18)17(23)20(3)11-14-6-4-5-8-19-14/h4-6,8,13,15H,7,9-12H2,1-3H3/t15-,18-/m0/s1. The van der Waals surface area contributed by atoms with Crippen molar-refractivity contribution in [3.05, 3.63) is 30.1 Å². The molecule has 5 nitrogen and oxygen atoms in total. The Bertz CT molecular complexity index is 602. The fourth-order valence-electron chi connectivity index (χ4n) is 3.68. The zero-order valence-electron chi connectivity index (χ0n) is 14.2. The second-order valence-corrected chi connectivity index (χ2v) is 7.30. The fourth-order valence-corrected chi connectivity index (χ4v) is 3.68. The molecule has 1 aromatic heterocycles. The molecule has 1 saturated carbocycles. The topological polar surface area (TPSA) is 53.5 Å². The van der Waals surface area contributed by atoms with Crippen LogP contribution in [0.25, 0.3) is 0 Å². The zero-order valence-corrected chi connectivity index (χ0v) is 14.2. The number of likely N-dealkylation sites (tertiary alicyclic amines) is 1. The molecular weight excluding hydrogens is 290 g/mol. The summed E-state index contributed by atoms with van der Waals surface area (Å²) >= 11 is 0. The average molecular weight is 315 g/mol.